The highest BCUT2D eigenvalue weighted by molar-refractivity contribution is 6.29. The lowest BCUT2D eigenvalue weighted by Gasteiger charge is -2.11. The van der Waals surface area contributed by atoms with E-state index in [1.807, 2.05) is 31.2 Å². The summed E-state index contributed by atoms with van der Waals surface area (Å²) in [7, 11) is 1.56. The zero-order valence-electron chi connectivity index (χ0n) is 14.0. The molecule has 0 unspecified atom stereocenters. The first kappa shape index (κ1) is 17.0. The molecule has 2 heterocycles. The molecule has 0 fully saturated rings. The fourth-order valence-corrected chi connectivity index (χ4v) is 2.71. The first-order valence-corrected chi connectivity index (χ1v) is 8.05. The van der Waals surface area contributed by atoms with Crippen molar-refractivity contribution in [1.82, 2.24) is 15.0 Å². The van der Waals surface area contributed by atoms with Gasteiger partial charge in [-0.2, -0.15) is 4.98 Å². The number of para-hydroxylation sites is 1. The Balaban J connectivity index is 1.87. The first-order valence-electron chi connectivity index (χ1n) is 7.68. The van der Waals surface area contributed by atoms with Crippen LogP contribution >= 0.6 is 11.6 Å². The van der Waals surface area contributed by atoms with E-state index in [1.165, 1.54) is 6.26 Å². The number of halogens is 1. The fraction of sp³-hybridized carbons (Fsp3) is 0.167. The molecule has 0 atom stereocenters. The van der Waals surface area contributed by atoms with Gasteiger partial charge in [-0.1, -0.05) is 23.7 Å². The van der Waals surface area contributed by atoms with Crippen LogP contribution in [0.5, 0.6) is 0 Å². The van der Waals surface area contributed by atoms with E-state index in [9.17, 15) is 0 Å². The number of nitrogen functional groups attached to an aromatic ring is 1. The maximum atomic E-state index is 6.07. The lowest BCUT2D eigenvalue weighted by atomic mass is 10.1. The van der Waals surface area contributed by atoms with Gasteiger partial charge in [0.1, 0.15) is 0 Å². The molecule has 25 heavy (non-hydrogen) atoms. The van der Waals surface area contributed by atoms with Gasteiger partial charge < -0.3 is 15.8 Å². The maximum Gasteiger partial charge on any atom is 0.229 e. The third-order valence-electron chi connectivity index (χ3n) is 3.65. The van der Waals surface area contributed by atoms with Gasteiger partial charge in [0.25, 0.3) is 0 Å². The summed E-state index contributed by atoms with van der Waals surface area (Å²) in [6.07, 6.45) is 5.51. The third-order valence-corrected chi connectivity index (χ3v) is 3.87. The number of nitrogens with one attached hydrogen (secondary N) is 1. The van der Waals surface area contributed by atoms with Crippen LogP contribution in [0.2, 0.25) is 0 Å². The molecule has 1 aromatic carbocycles. The number of nitrogens with two attached hydrogens (primary N) is 1. The van der Waals surface area contributed by atoms with Gasteiger partial charge in [0.2, 0.25) is 5.95 Å². The number of rotatable bonds is 5. The van der Waals surface area contributed by atoms with Crippen LogP contribution < -0.4 is 11.1 Å². The number of ether oxygens (including phenoxy) is 1. The highest BCUT2D eigenvalue weighted by atomic mass is 35.5. The molecule has 3 rings (SSSR count). The molecule has 0 radical (unpaired) electrons. The van der Waals surface area contributed by atoms with Gasteiger partial charge in [-0.3, -0.25) is 0 Å². The highest BCUT2D eigenvalue weighted by Crippen LogP contribution is 2.25. The predicted octanol–water partition coefficient (Wildman–Crippen LogP) is 3.93. The standard InChI is InChI=1S/C18H18ClN5O/c1-11-4-3-5-15(20)16(11)23-18-22-9-13-6-12(7-14(19)10-25-2)8-21-17(13)24-18/h3-6,8-10H,7,20H2,1-2H3,(H,21,22,23,24)/b14-10-. The van der Waals surface area contributed by atoms with Crippen molar-refractivity contribution in [3.63, 3.8) is 0 Å². The summed E-state index contributed by atoms with van der Waals surface area (Å²) in [6, 6.07) is 7.67. The van der Waals surface area contributed by atoms with Crippen molar-refractivity contribution >= 4 is 40.0 Å². The molecule has 0 aliphatic rings. The molecule has 0 aliphatic carbocycles. The van der Waals surface area contributed by atoms with E-state index >= 15 is 0 Å². The Labute approximate surface area is 150 Å². The second-order valence-corrected chi connectivity index (χ2v) is 6.08. The number of fused-ring (bicyclic) bond motifs is 1. The number of hydrogen-bond acceptors (Lipinski definition) is 6. The van der Waals surface area contributed by atoms with Crippen molar-refractivity contribution in [2.24, 2.45) is 0 Å². The molecule has 7 heteroatoms. The van der Waals surface area contributed by atoms with Crippen molar-refractivity contribution in [3.05, 3.63) is 59.1 Å². The third kappa shape index (κ3) is 3.97. The molecule has 0 aliphatic heterocycles. The smallest absolute Gasteiger partial charge is 0.229 e. The first-order chi connectivity index (χ1) is 12.1. The number of nitrogens with zero attached hydrogens (tertiary/aromatic N) is 3. The zero-order valence-corrected chi connectivity index (χ0v) is 14.7. The largest absolute Gasteiger partial charge is 0.503 e. The van der Waals surface area contributed by atoms with Gasteiger partial charge in [0, 0.05) is 24.2 Å². The van der Waals surface area contributed by atoms with Crippen molar-refractivity contribution in [1.29, 1.82) is 0 Å². The number of benzene rings is 1. The second-order valence-electron chi connectivity index (χ2n) is 5.59. The SMILES string of the molecule is CO/C=C(\Cl)Cc1cnc2nc(Nc3c(C)cccc3N)ncc2c1. The van der Waals surface area contributed by atoms with Gasteiger partial charge in [-0.15, -0.1) is 0 Å². The van der Waals surface area contributed by atoms with E-state index < -0.39 is 0 Å². The molecule has 0 bridgehead atoms. The molecule has 3 aromatic rings. The minimum Gasteiger partial charge on any atom is -0.503 e. The van der Waals surface area contributed by atoms with Gasteiger partial charge in [-0.25, -0.2) is 9.97 Å². The molecule has 2 aromatic heterocycles. The minimum atomic E-state index is 0.450. The van der Waals surface area contributed by atoms with E-state index in [-0.39, 0.29) is 0 Å². The Kier molecular flexibility index (Phi) is 5.00. The van der Waals surface area contributed by atoms with E-state index in [0.29, 0.717) is 28.7 Å². The summed E-state index contributed by atoms with van der Waals surface area (Å²) in [5.41, 5.74) is 10.0. The normalized spacial score (nSPS) is 11.6. The average Bonchev–Trinajstić information content (AvgIpc) is 2.58. The molecular formula is C18H18ClN5O. The minimum absolute atomic E-state index is 0.450. The summed E-state index contributed by atoms with van der Waals surface area (Å²) in [5.74, 6) is 0.450. The lowest BCUT2D eigenvalue weighted by Crippen LogP contribution is -2.02. The highest BCUT2D eigenvalue weighted by Gasteiger charge is 2.07. The van der Waals surface area contributed by atoms with E-state index in [4.69, 9.17) is 22.1 Å². The molecule has 6 nitrogen and oxygen atoms in total. The van der Waals surface area contributed by atoms with Crippen LogP contribution in [0.25, 0.3) is 11.0 Å². The quantitative estimate of drug-likeness (QED) is 0.532. The Bertz CT molecular complexity index is 922. The van der Waals surface area contributed by atoms with E-state index in [2.05, 4.69) is 20.3 Å². The Morgan fingerprint density at radius 2 is 2.16 bits per heavy atom. The summed E-state index contributed by atoms with van der Waals surface area (Å²) in [4.78, 5) is 13.2. The number of anilines is 3. The van der Waals surface area contributed by atoms with Crippen LogP contribution in [-0.4, -0.2) is 22.1 Å². The van der Waals surface area contributed by atoms with Crippen LogP contribution in [0.3, 0.4) is 0 Å². The van der Waals surface area contributed by atoms with Crippen molar-refractivity contribution in [3.8, 4) is 0 Å². The maximum absolute atomic E-state index is 6.07. The van der Waals surface area contributed by atoms with Crippen LogP contribution in [0.1, 0.15) is 11.1 Å². The number of aryl methyl sites for hydroxylation is 1. The summed E-state index contributed by atoms with van der Waals surface area (Å²) in [6.45, 7) is 1.97. The predicted molar refractivity (Wildman–Crippen MR) is 101 cm³/mol. The summed E-state index contributed by atoms with van der Waals surface area (Å²) < 4.78 is 4.90. The Morgan fingerprint density at radius 1 is 1.32 bits per heavy atom. The van der Waals surface area contributed by atoms with Gasteiger partial charge in [0.15, 0.2) is 5.65 Å². The van der Waals surface area contributed by atoms with Crippen molar-refractivity contribution in [2.75, 3.05) is 18.2 Å². The molecule has 0 amide bonds. The summed E-state index contributed by atoms with van der Waals surface area (Å²) in [5, 5.41) is 4.59. The zero-order chi connectivity index (χ0) is 17.8. The lowest BCUT2D eigenvalue weighted by molar-refractivity contribution is 0.335. The number of aromatic nitrogens is 3. The number of hydrogen-bond donors (Lipinski definition) is 2. The number of methoxy groups -OCH3 is 1. The van der Waals surface area contributed by atoms with Crippen molar-refractivity contribution < 1.29 is 4.74 Å². The van der Waals surface area contributed by atoms with E-state index in [1.54, 1.807) is 19.5 Å². The van der Waals surface area contributed by atoms with Crippen molar-refractivity contribution in [2.45, 2.75) is 13.3 Å². The van der Waals surface area contributed by atoms with Gasteiger partial charge >= 0.3 is 0 Å². The van der Waals surface area contributed by atoms with Crippen LogP contribution in [0.4, 0.5) is 17.3 Å². The Morgan fingerprint density at radius 3 is 2.92 bits per heavy atom. The molecule has 3 N–H and O–H groups in total. The van der Waals surface area contributed by atoms with Gasteiger partial charge in [-0.05, 0) is 30.2 Å². The summed E-state index contributed by atoms with van der Waals surface area (Å²) >= 11 is 6.07. The second kappa shape index (κ2) is 7.36. The van der Waals surface area contributed by atoms with Gasteiger partial charge in [0.05, 0.1) is 29.8 Å². The Hall–Kier alpha value is -2.86. The molecule has 0 saturated heterocycles. The van der Waals surface area contributed by atoms with Crippen LogP contribution in [0, 0.1) is 6.92 Å². The molecule has 0 saturated carbocycles. The topological polar surface area (TPSA) is 86.0 Å². The number of pyridine rings is 1. The fourth-order valence-electron chi connectivity index (χ4n) is 2.46. The monoisotopic (exact) mass is 355 g/mol. The molecule has 128 valence electrons. The van der Waals surface area contributed by atoms with Crippen LogP contribution in [0.15, 0.2) is 48.0 Å². The molecular weight excluding hydrogens is 338 g/mol. The van der Waals surface area contributed by atoms with E-state index in [0.717, 1.165) is 22.2 Å². The number of allylic oxidation sites excluding steroid dienone is 1. The van der Waals surface area contributed by atoms with Crippen LogP contribution in [-0.2, 0) is 11.2 Å². The average molecular weight is 356 g/mol. The molecule has 0 spiro atoms.